The lowest BCUT2D eigenvalue weighted by Gasteiger charge is -2.10. The average molecular weight is 386 g/mol. The number of H-pyrrole nitrogens is 1. The molecule has 0 aliphatic carbocycles. The number of rotatable bonds is 5. The summed E-state index contributed by atoms with van der Waals surface area (Å²) in [4.78, 5) is 24.2. The van der Waals surface area contributed by atoms with Gasteiger partial charge in [-0.15, -0.1) is 0 Å². The van der Waals surface area contributed by atoms with Crippen LogP contribution in [0.25, 0.3) is 22.0 Å². The zero-order valence-electron chi connectivity index (χ0n) is 15.4. The zero-order valence-corrected chi connectivity index (χ0v) is 15.4. The smallest absolute Gasteiger partial charge is 0.287 e. The number of aromatic amines is 1. The fourth-order valence-corrected chi connectivity index (χ4v) is 2.89. The van der Waals surface area contributed by atoms with E-state index in [1.165, 1.54) is 0 Å². The Labute approximate surface area is 166 Å². The van der Waals surface area contributed by atoms with E-state index in [1.807, 2.05) is 66.7 Å². The van der Waals surface area contributed by atoms with Gasteiger partial charge in [-0.3, -0.25) is 25.5 Å². The molecule has 2 amide bonds. The van der Waals surface area contributed by atoms with Gasteiger partial charge >= 0.3 is 0 Å². The molecule has 4 aromatic rings. The zero-order chi connectivity index (χ0) is 20.1. The Morgan fingerprint density at radius 3 is 2.52 bits per heavy atom. The first kappa shape index (κ1) is 18.2. The van der Waals surface area contributed by atoms with Gasteiger partial charge in [0.05, 0.1) is 5.69 Å². The van der Waals surface area contributed by atoms with E-state index in [2.05, 4.69) is 21.0 Å². The van der Waals surface area contributed by atoms with Gasteiger partial charge in [0.2, 0.25) is 0 Å². The third kappa shape index (κ3) is 4.24. The van der Waals surface area contributed by atoms with Crippen LogP contribution in [0.15, 0.2) is 78.9 Å². The van der Waals surface area contributed by atoms with E-state index in [4.69, 9.17) is 4.74 Å². The van der Waals surface area contributed by atoms with Gasteiger partial charge in [0, 0.05) is 10.9 Å². The molecule has 7 nitrogen and oxygen atoms in total. The van der Waals surface area contributed by atoms with Crippen LogP contribution in [0.3, 0.4) is 0 Å². The molecule has 7 heteroatoms. The van der Waals surface area contributed by atoms with E-state index in [9.17, 15) is 9.59 Å². The molecule has 1 heterocycles. The molecule has 0 atom stereocenters. The van der Waals surface area contributed by atoms with Gasteiger partial charge in [-0.25, -0.2) is 0 Å². The molecule has 1 aromatic heterocycles. The summed E-state index contributed by atoms with van der Waals surface area (Å²) in [6.07, 6.45) is 0. The lowest BCUT2D eigenvalue weighted by molar-refractivity contribution is -0.123. The van der Waals surface area contributed by atoms with E-state index in [0.717, 1.165) is 16.3 Å². The number of fused-ring (bicyclic) bond motifs is 1. The maximum Gasteiger partial charge on any atom is 0.287 e. The highest BCUT2D eigenvalue weighted by molar-refractivity contribution is 5.95. The van der Waals surface area contributed by atoms with Gasteiger partial charge < -0.3 is 4.74 Å². The molecule has 0 fully saturated rings. The maximum atomic E-state index is 12.2. The second kappa shape index (κ2) is 8.26. The molecule has 0 saturated heterocycles. The Kier molecular flexibility index (Phi) is 5.20. The number of hydrogen-bond acceptors (Lipinski definition) is 4. The lowest BCUT2D eigenvalue weighted by atomic mass is 10.1. The number of aromatic nitrogens is 2. The van der Waals surface area contributed by atoms with Crippen LogP contribution in [0, 0.1) is 0 Å². The van der Waals surface area contributed by atoms with Crippen LogP contribution in [-0.4, -0.2) is 28.6 Å². The molecular formula is C22H18N4O3. The normalized spacial score (nSPS) is 10.5. The molecule has 0 saturated carbocycles. The van der Waals surface area contributed by atoms with E-state index in [0.29, 0.717) is 11.4 Å². The molecule has 3 N–H and O–H groups in total. The van der Waals surface area contributed by atoms with Gasteiger partial charge in [-0.1, -0.05) is 66.7 Å². The van der Waals surface area contributed by atoms with Gasteiger partial charge in [0.25, 0.3) is 11.8 Å². The Morgan fingerprint density at radius 2 is 1.66 bits per heavy atom. The Morgan fingerprint density at radius 1 is 0.897 bits per heavy atom. The first-order valence-electron chi connectivity index (χ1n) is 9.01. The number of benzene rings is 3. The van der Waals surface area contributed by atoms with E-state index in [-0.39, 0.29) is 12.3 Å². The number of nitrogens with zero attached hydrogens (tertiary/aromatic N) is 1. The summed E-state index contributed by atoms with van der Waals surface area (Å²) in [5, 5.41) is 8.71. The number of amides is 2. The second-order valence-electron chi connectivity index (χ2n) is 6.30. The monoisotopic (exact) mass is 386 g/mol. The largest absolute Gasteiger partial charge is 0.483 e. The molecular weight excluding hydrogens is 368 g/mol. The van der Waals surface area contributed by atoms with Crippen molar-refractivity contribution in [2.24, 2.45) is 0 Å². The van der Waals surface area contributed by atoms with Gasteiger partial charge in [-0.2, -0.15) is 5.10 Å². The standard InChI is InChI=1S/C22H18N4O3/c27-21(14-29-20-12-6-10-15-7-4-5-11-17(15)20)25-26-22(28)19-13-18(23-24-19)16-8-2-1-3-9-16/h1-13H,14H2,(H,23,24)(H,25,27)(H,26,28). The van der Waals surface area contributed by atoms with Crippen LogP contribution in [0.2, 0.25) is 0 Å². The SMILES string of the molecule is O=C(COc1cccc2ccccc12)NNC(=O)c1cc(-c2ccccc2)n[nH]1. The number of ether oxygens (including phenoxy) is 1. The Hall–Kier alpha value is -4.13. The summed E-state index contributed by atoms with van der Waals surface area (Å²) >= 11 is 0. The fourth-order valence-electron chi connectivity index (χ4n) is 2.89. The Bertz CT molecular complexity index is 1150. The molecule has 3 aromatic carbocycles. The number of hydrazine groups is 1. The summed E-state index contributed by atoms with van der Waals surface area (Å²) in [7, 11) is 0. The number of carbonyl (C=O) groups is 2. The third-order valence-corrected chi connectivity index (χ3v) is 4.32. The van der Waals surface area contributed by atoms with Crippen LogP contribution < -0.4 is 15.6 Å². The molecule has 0 radical (unpaired) electrons. The predicted octanol–water partition coefficient (Wildman–Crippen LogP) is 3.07. The van der Waals surface area contributed by atoms with Crippen LogP contribution in [-0.2, 0) is 4.79 Å². The molecule has 144 valence electrons. The van der Waals surface area contributed by atoms with Gasteiger partial charge in [0.1, 0.15) is 11.4 Å². The predicted molar refractivity (Wildman–Crippen MR) is 109 cm³/mol. The van der Waals surface area contributed by atoms with E-state index in [1.54, 1.807) is 12.1 Å². The Balaban J connectivity index is 1.31. The first-order chi connectivity index (χ1) is 14.2. The maximum absolute atomic E-state index is 12.2. The molecule has 0 spiro atoms. The summed E-state index contributed by atoms with van der Waals surface area (Å²) < 4.78 is 5.60. The average Bonchev–Trinajstić information content (AvgIpc) is 3.27. The van der Waals surface area contributed by atoms with E-state index >= 15 is 0 Å². The van der Waals surface area contributed by atoms with Crippen molar-refractivity contribution in [1.82, 2.24) is 21.0 Å². The number of hydrogen-bond donors (Lipinski definition) is 3. The highest BCUT2D eigenvalue weighted by atomic mass is 16.5. The summed E-state index contributed by atoms with van der Waals surface area (Å²) in [6, 6.07) is 24.4. The van der Waals surface area contributed by atoms with Crippen molar-refractivity contribution in [3.8, 4) is 17.0 Å². The van der Waals surface area contributed by atoms with Crippen LogP contribution >= 0.6 is 0 Å². The molecule has 4 rings (SSSR count). The van der Waals surface area contributed by atoms with Crippen molar-refractivity contribution in [2.45, 2.75) is 0 Å². The second-order valence-corrected chi connectivity index (χ2v) is 6.30. The quantitative estimate of drug-likeness (QED) is 0.459. The number of carbonyl (C=O) groups excluding carboxylic acids is 2. The van der Waals surface area contributed by atoms with Crippen LogP contribution in [0.5, 0.6) is 5.75 Å². The molecule has 0 aliphatic heterocycles. The summed E-state index contributed by atoms with van der Waals surface area (Å²) in [5.74, 6) is -0.377. The summed E-state index contributed by atoms with van der Waals surface area (Å²) in [5.41, 5.74) is 6.44. The topological polar surface area (TPSA) is 96.1 Å². The van der Waals surface area contributed by atoms with Crippen molar-refractivity contribution in [3.05, 3.63) is 84.6 Å². The van der Waals surface area contributed by atoms with Gasteiger partial charge in [0.15, 0.2) is 6.61 Å². The number of nitrogens with one attached hydrogen (secondary N) is 3. The van der Waals surface area contributed by atoms with Crippen molar-refractivity contribution >= 4 is 22.6 Å². The minimum atomic E-state index is -0.502. The first-order valence-corrected chi connectivity index (χ1v) is 9.01. The highest BCUT2D eigenvalue weighted by Crippen LogP contribution is 2.24. The molecule has 29 heavy (non-hydrogen) atoms. The van der Waals surface area contributed by atoms with Crippen LogP contribution in [0.4, 0.5) is 0 Å². The van der Waals surface area contributed by atoms with Crippen LogP contribution in [0.1, 0.15) is 10.5 Å². The van der Waals surface area contributed by atoms with Gasteiger partial charge in [-0.05, 0) is 17.5 Å². The third-order valence-electron chi connectivity index (χ3n) is 4.32. The van der Waals surface area contributed by atoms with E-state index < -0.39 is 11.8 Å². The molecule has 0 bridgehead atoms. The van der Waals surface area contributed by atoms with Crippen molar-refractivity contribution in [1.29, 1.82) is 0 Å². The lowest BCUT2D eigenvalue weighted by Crippen LogP contribution is -2.44. The summed E-state index contributed by atoms with van der Waals surface area (Å²) in [6.45, 7) is -0.230. The minimum absolute atomic E-state index is 0.230. The molecule has 0 unspecified atom stereocenters. The molecule has 0 aliphatic rings. The fraction of sp³-hybridized carbons (Fsp3) is 0.0455. The van der Waals surface area contributed by atoms with Crippen molar-refractivity contribution in [2.75, 3.05) is 6.61 Å². The highest BCUT2D eigenvalue weighted by Gasteiger charge is 2.12. The minimum Gasteiger partial charge on any atom is -0.483 e. The van der Waals surface area contributed by atoms with Crippen molar-refractivity contribution in [3.63, 3.8) is 0 Å². The van der Waals surface area contributed by atoms with Crippen molar-refractivity contribution < 1.29 is 14.3 Å².